The fourth-order valence-corrected chi connectivity index (χ4v) is 5.48. The molecule has 0 radical (unpaired) electrons. The van der Waals surface area contributed by atoms with Gasteiger partial charge in [-0.05, 0) is 66.9 Å². The number of methoxy groups -OCH3 is 1. The lowest BCUT2D eigenvalue weighted by atomic mass is 9.87. The normalized spacial score (nSPS) is 19.2. The highest BCUT2D eigenvalue weighted by Crippen LogP contribution is 2.34. The summed E-state index contributed by atoms with van der Waals surface area (Å²) in [4.78, 5) is 2.40. The molecule has 5 rings (SSSR count). The Hall–Kier alpha value is -3.26. The molecule has 3 atom stereocenters. The van der Waals surface area contributed by atoms with E-state index in [1.807, 2.05) is 30.3 Å². The van der Waals surface area contributed by atoms with Crippen LogP contribution in [-0.4, -0.2) is 65.8 Å². The van der Waals surface area contributed by atoms with Gasteiger partial charge in [0.25, 0.3) is 0 Å². The molecule has 0 spiro atoms. The fourth-order valence-electron chi connectivity index (χ4n) is 5.48. The maximum absolute atomic E-state index is 6.55. The molecule has 7 nitrogen and oxygen atoms in total. The second-order valence-electron chi connectivity index (χ2n) is 11.0. The van der Waals surface area contributed by atoms with E-state index >= 15 is 0 Å². The Bertz CT molecular complexity index is 1190. The molecule has 3 aromatic rings. The van der Waals surface area contributed by atoms with Gasteiger partial charge in [0.15, 0.2) is 0 Å². The Morgan fingerprint density at radius 1 is 0.976 bits per heavy atom. The lowest BCUT2D eigenvalue weighted by Gasteiger charge is -2.33. The third-order valence-corrected chi connectivity index (χ3v) is 7.77. The molecule has 2 aliphatic heterocycles. The van der Waals surface area contributed by atoms with Gasteiger partial charge in [0.2, 0.25) is 0 Å². The van der Waals surface area contributed by atoms with Crippen LogP contribution in [0.5, 0.6) is 17.2 Å². The minimum atomic E-state index is 0.107. The standard InChI is InChI=1S/C34H44N2O5/c1-26(23-39-29-7-4-3-5-8-29)24-40-30-12-10-28(11-13-30)31-15-16-35-22-34(31)41-25-27-9-14-33-32(21-27)36(18-20-38-33)17-6-19-37-2/h3-5,7-14,21,26,31,34-35H,6,15-20,22-25H2,1-2H3/t26-,31?,34?/m1/s1. The summed E-state index contributed by atoms with van der Waals surface area (Å²) >= 11 is 0. The molecule has 0 aromatic heterocycles. The molecule has 1 N–H and O–H groups in total. The van der Waals surface area contributed by atoms with E-state index in [1.54, 1.807) is 7.11 Å². The summed E-state index contributed by atoms with van der Waals surface area (Å²) in [5.74, 6) is 3.36. The summed E-state index contributed by atoms with van der Waals surface area (Å²) in [6, 6.07) is 24.9. The van der Waals surface area contributed by atoms with Gasteiger partial charge >= 0.3 is 0 Å². The summed E-state index contributed by atoms with van der Waals surface area (Å²) in [5.41, 5.74) is 3.63. The molecule has 2 unspecified atom stereocenters. The maximum atomic E-state index is 6.55. The van der Waals surface area contributed by atoms with Crippen molar-refractivity contribution in [3.8, 4) is 17.2 Å². The molecular formula is C34H44N2O5. The molecule has 41 heavy (non-hydrogen) atoms. The zero-order chi connectivity index (χ0) is 28.3. The van der Waals surface area contributed by atoms with E-state index in [9.17, 15) is 0 Å². The van der Waals surface area contributed by atoms with Crippen molar-refractivity contribution in [2.45, 2.75) is 38.4 Å². The summed E-state index contributed by atoms with van der Waals surface area (Å²) in [5, 5.41) is 3.52. The average Bonchev–Trinajstić information content (AvgIpc) is 3.03. The van der Waals surface area contributed by atoms with Gasteiger partial charge in [0, 0.05) is 38.6 Å². The third-order valence-electron chi connectivity index (χ3n) is 7.77. The largest absolute Gasteiger partial charge is 0.493 e. The van der Waals surface area contributed by atoms with Crippen molar-refractivity contribution >= 4 is 5.69 Å². The van der Waals surface area contributed by atoms with Crippen molar-refractivity contribution in [3.05, 3.63) is 83.9 Å². The van der Waals surface area contributed by atoms with Crippen molar-refractivity contribution in [2.24, 2.45) is 5.92 Å². The second-order valence-corrected chi connectivity index (χ2v) is 11.0. The number of para-hydroxylation sites is 1. The van der Waals surface area contributed by atoms with Gasteiger partial charge in [-0.25, -0.2) is 0 Å². The van der Waals surface area contributed by atoms with E-state index in [1.165, 1.54) is 11.1 Å². The van der Waals surface area contributed by atoms with Crippen LogP contribution in [0.25, 0.3) is 0 Å². The quantitative estimate of drug-likeness (QED) is 0.255. The van der Waals surface area contributed by atoms with Crippen molar-refractivity contribution < 1.29 is 23.7 Å². The first kappa shape index (κ1) is 29.2. The monoisotopic (exact) mass is 560 g/mol. The minimum absolute atomic E-state index is 0.107. The molecule has 220 valence electrons. The predicted octanol–water partition coefficient (Wildman–Crippen LogP) is 5.68. The molecule has 2 heterocycles. The van der Waals surface area contributed by atoms with Gasteiger partial charge in [-0.2, -0.15) is 0 Å². The third kappa shape index (κ3) is 8.38. The zero-order valence-electron chi connectivity index (χ0n) is 24.4. The molecule has 2 aliphatic rings. The average molecular weight is 561 g/mol. The van der Waals surface area contributed by atoms with Crippen LogP contribution in [0.3, 0.4) is 0 Å². The van der Waals surface area contributed by atoms with Crippen LogP contribution < -0.4 is 24.4 Å². The van der Waals surface area contributed by atoms with Crippen LogP contribution in [-0.2, 0) is 16.1 Å². The molecule has 1 fully saturated rings. The number of hydrogen-bond donors (Lipinski definition) is 1. The van der Waals surface area contributed by atoms with Crippen LogP contribution >= 0.6 is 0 Å². The summed E-state index contributed by atoms with van der Waals surface area (Å²) in [6.07, 6.45) is 2.15. The molecule has 0 bridgehead atoms. The number of ether oxygens (including phenoxy) is 5. The summed E-state index contributed by atoms with van der Waals surface area (Å²) in [7, 11) is 1.75. The first-order valence-electron chi connectivity index (χ1n) is 14.9. The molecule has 0 aliphatic carbocycles. The Balaban J connectivity index is 1.13. The van der Waals surface area contributed by atoms with Gasteiger partial charge < -0.3 is 33.9 Å². The topological polar surface area (TPSA) is 61.4 Å². The van der Waals surface area contributed by atoms with E-state index in [-0.39, 0.29) is 12.0 Å². The Kier molecular flexibility index (Phi) is 10.8. The molecule has 7 heteroatoms. The lowest BCUT2D eigenvalue weighted by molar-refractivity contribution is 0.0106. The first-order chi connectivity index (χ1) is 20.2. The number of benzene rings is 3. The number of anilines is 1. The van der Waals surface area contributed by atoms with Crippen LogP contribution in [0.2, 0.25) is 0 Å². The Labute approximate surface area is 244 Å². The van der Waals surface area contributed by atoms with Gasteiger partial charge in [-0.1, -0.05) is 43.3 Å². The Morgan fingerprint density at radius 3 is 2.54 bits per heavy atom. The smallest absolute Gasteiger partial charge is 0.142 e. The molecule has 0 amide bonds. The molecule has 0 saturated carbocycles. The van der Waals surface area contributed by atoms with Crippen molar-refractivity contribution in [1.82, 2.24) is 5.32 Å². The molecule has 3 aromatic carbocycles. The van der Waals surface area contributed by atoms with Gasteiger partial charge in [0.1, 0.15) is 23.9 Å². The fraction of sp³-hybridized carbons (Fsp3) is 0.471. The van der Waals surface area contributed by atoms with Gasteiger partial charge in [-0.3, -0.25) is 0 Å². The number of nitrogens with one attached hydrogen (secondary N) is 1. The highest BCUT2D eigenvalue weighted by Gasteiger charge is 2.27. The number of fused-ring (bicyclic) bond motifs is 1. The summed E-state index contributed by atoms with van der Waals surface area (Å²) < 4.78 is 29.6. The van der Waals surface area contributed by atoms with Crippen LogP contribution in [0.15, 0.2) is 72.8 Å². The Morgan fingerprint density at radius 2 is 1.76 bits per heavy atom. The van der Waals surface area contributed by atoms with Crippen LogP contribution in [0, 0.1) is 5.92 Å². The zero-order valence-corrected chi connectivity index (χ0v) is 24.4. The molecule has 1 saturated heterocycles. The number of rotatable bonds is 14. The predicted molar refractivity (Wildman–Crippen MR) is 162 cm³/mol. The SMILES string of the molecule is COCCCN1CCOc2ccc(COC3CNCCC3c3ccc(OC[C@H](C)COc4ccccc4)cc3)cc21. The van der Waals surface area contributed by atoms with Gasteiger partial charge in [-0.15, -0.1) is 0 Å². The second kappa shape index (κ2) is 15.1. The minimum Gasteiger partial charge on any atom is -0.493 e. The van der Waals surface area contributed by atoms with E-state index in [4.69, 9.17) is 23.7 Å². The lowest BCUT2D eigenvalue weighted by Crippen LogP contribution is -2.41. The first-order valence-corrected chi connectivity index (χ1v) is 14.9. The van der Waals surface area contributed by atoms with Crippen LogP contribution in [0.1, 0.15) is 36.8 Å². The van der Waals surface area contributed by atoms with Crippen molar-refractivity contribution in [1.29, 1.82) is 0 Å². The van der Waals surface area contributed by atoms with Gasteiger partial charge in [0.05, 0.1) is 38.2 Å². The van der Waals surface area contributed by atoms with Crippen molar-refractivity contribution in [2.75, 3.05) is 64.6 Å². The van der Waals surface area contributed by atoms with Crippen LogP contribution in [0.4, 0.5) is 5.69 Å². The highest BCUT2D eigenvalue weighted by atomic mass is 16.5. The van der Waals surface area contributed by atoms with E-state index in [2.05, 4.69) is 59.6 Å². The number of hydrogen-bond acceptors (Lipinski definition) is 7. The van der Waals surface area contributed by atoms with E-state index in [0.717, 1.165) is 75.2 Å². The number of nitrogens with zero attached hydrogens (tertiary/aromatic N) is 1. The molecular weight excluding hydrogens is 516 g/mol. The summed E-state index contributed by atoms with van der Waals surface area (Å²) in [6.45, 7) is 9.14. The number of piperidine rings is 1. The van der Waals surface area contributed by atoms with E-state index < -0.39 is 0 Å². The van der Waals surface area contributed by atoms with E-state index in [0.29, 0.717) is 25.7 Å². The highest BCUT2D eigenvalue weighted by molar-refractivity contribution is 5.61. The van der Waals surface area contributed by atoms with Crippen molar-refractivity contribution in [3.63, 3.8) is 0 Å². The maximum Gasteiger partial charge on any atom is 0.142 e.